The Morgan fingerprint density at radius 3 is 1.36 bits per heavy atom. The van der Waals surface area contributed by atoms with E-state index in [0.29, 0.717) is 0 Å². The SMILES string of the molecule is C[C@@H]1O[C@@H](O[C@@H]2[C@H](O)[C@@H](O)[C@H](O)O[C@@H]2C(=O)O)[C@H](O[C@@H]2O[C@H](C(=O)O)[C@H](O[C@@H]3O[C@H](C(=O)O)[C@H](O)[C@H](O)[C@H]3O)[C@H](O)[C@H]2O)[C@H](O)[C@H]1O. The average Bonchev–Trinajstić information content (AvgIpc) is 3.00. The van der Waals surface area contributed by atoms with Gasteiger partial charge in [-0.25, -0.2) is 14.4 Å². The molecule has 23 heteroatoms. The van der Waals surface area contributed by atoms with Crippen LogP contribution in [0.5, 0.6) is 0 Å². The summed E-state index contributed by atoms with van der Waals surface area (Å²) in [4.78, 5) is 35.3. The minimum Gasteiger partial charge on any atom is -0.479 e. The number of hydrogen-bond acceptors (Lipinski definition) is 20. The first kappa shape index (κ1) is 37.5. The zero-order chi connectivity index (χ0) is 35.2. The first-order chi connectivity index (χ1) is 21.9. The molecule has 13 N–H and O–H groups in total. The maximum absolute atomic E-state index is 12.1. The van der Waals surface area contributed by atoms with Gasteiger partial charge in [-0.1, -0.05) is 0 Å². The number of ether oxygens (including phenoxy) is 7. The average molecular weight is 693 g/mol. The van der Waals surface area contributed by atoms with Crippen molar-refractivity contribution in [3.05, 3.63) is 0 Å². The molecule has 0 aromatic rings. The van der Waals surface area contributed by atoms with Crippen LogP contribution in [0.1, 0.15) is 6.92 Å². The Labute approximate surface area is 262 Å². The molecule has 0 aliphatic carbocycles. The number of aliphatic carboxylic acids is 3. The number of aliphatic hydroxyl groups is 10. The summed E-state index contributed by atoms with van der Waals surface area (Å²) < 4.78 is 36.5. The summed E-state index contributed by atoms with van der Waals surface area (Å²) in [6.45, 7) is 1.23. The van der Waals surface area contributed by atoms with Crippen LogP contribution in [0.4, 0.5) is 0 Å². The molecular weight excluding hydrogens is 656 g/mol. The Morgan fingerprint density at radius 1 is 0.426 bits per heavy atom. The van der Waals surface area contributed by atoms with E-state index in [1.807, 2.05) is 0 Å². The smallest absolute Gasteiger partial charge is 0.335 e. The molecule has 23 nitrogen and oxygen atoms in total. The molecule has 0 spiro atoms. The molecule has 0 bridgehead atoms. The maximum Gasteiger partial charge on any atom is 0.335 e. The summed E-state index contributed by atoms with van der Waals surface area (Å²) in [5, 5.41) is 132. The largest absolute Gasteiger partial charge is 0.479 e. The van der Waals surface area contributed by atoms with Crippen molar-refractivity contribution in [2.45, 2.75) is 130 Å². The van der Waals surface area contributed by atoms with E-state index in [9.17, 15) is 80.8 Å². The maximum atomic E-state index is 12.1. The predicted octanol–water partition coefficient (Wildman–Crippen LogP) is -8.44. The van der Waals surface area contributed by atoms with Crippen molar-refractivity contribution in [1.82, 2.24) is 0 Å². The van der Waals surface area contributed by atoms with E-state index in [4.69, 9.17) is 33.2 Å². The van der Waals surface area contributed by atoms with Gasteiger partial charge in [-0.2, -0.15) is 0 Å². The third kappa shape index (κ3) is 7.36. The molecule has 4 fully saturated rings. The van der Waals surface area contributed by atoms with Gasteiger partial charge in [0, 0.05) is 0 Å². The lowest BCUT2D eigenvalue weighted by atomic mass is 9.95. The Bertz CT molecular complexity index is 1120. The number of hydrogen-bond donors (Lipinski definition) is 13. The van der Waals surface area contributed by atoms with Crippen LogP contribution < -0.4 is 0 Å². The molecule has 0 amide bonds. The number of carbonyl (C=O) groups is 3. The summed E-state index contributed by atoms with van der Waals surface area (Å²) >= 11 is 0. The van der Waals surface area contributed by atoms with Gasteiger partial charge in [-0.3, -0.25) is 0 Å². The second-order valence-corrected chi connectivity index (χ2v) is 11.2. The Kier molecular flexibility index (Phi) is 11.7. The summed E-state index contributed by atoms with van der Waals surface area (Å²) in [5.41, 5.74) is 0. The van der Waals surface area contributed by atoms with E-state index in [2.05, 4.69) is 0 Å². The van der Waals surface area contributed by atoms with Gasteiger partial charge >= 0.3 is 17.9 Å². The third-order valence-electron chi connectivity index (χ3n) is 8.07. The van der Waals surface area contributed by atoms with E-state index >= 15 is 0 Å². The molecule has 20 atom stereocenters. The highest BCUT2D eigenvalue weighted by atomic mass is 16.8. The highest BCUT2D eigenvalue weighted by Crippen LogP contribution is 2.34. The number of aliphatic hydroxyl groups excluding tert-OH is 10. The van der Waals surface area contributed by atoms with Gasteiger partial charge in [0.25, 0.3) is 0 Å². The van der Waals surface area contributed by atoms with Crippen LogP contribution in [-0.2, 0) is 47.5 Å². The van der Waals surface area contributed by atoms with E-state index in [1.165, 1.54) is 6.92 Å². The molecule has 270 valence electrons. The van der Waals surface area contributed by atoms with Gasteiger partial charge in [-0.05, 0) is 6.92 Å². The van der Waals surface area contributed by atoms with E-state index < -0.39 is 141 Å². The normalized spacial score (nSPS) is 50.9. The first-order valence-corrected chi connectivity index (χ1v) is 13.9. The van der Waals surface area contributed by atoms with Crippen LogP contribution in [0.25, 0.3) is 0 Å². The fraction of sp³-hybridized carbons (Fsp3) is 0.875. The first-order valence-electron chi connectivity index (χ1n) is 13.9. The van der Waals surface area contributed by atoms with Crippen LogP contribution in [-0.4, -0.2) is 207 Å². The number of carboxylic acid groups (broad SMARTS) is 3. The quantitative estimate of drug-likeness (QED) is 0.107. The van der Waals surface area contributed by atoms with Gasteiger partial charge in [0.05, 0.1) is 6.10 Å². The van der Waals surface area contributed by atoms with E-state index in [1.54, 1.807) is 0 Å². The van der Waals surface area contributed by atoms with Crippen LogP contribution in [0, 0.1) is 0 Å². The van der Waals surface area contributed by atoms with Crippen LogP contribution in [0.3, 0.4) is 0 Å². The second kappa shape index (κ2) is 14.7. The van der Waals surface area contributed by atoms with Crippen molar-refractivity contribution in [1.29, 1.82) is 0 Å². The molecule has 0 saturated carbocycles. The summed E-state index contributed by atoms with van der Waals surface area (Å²) in [5.74, 6) is -5.50. The van der Waals surface area contributed by atoms with Crippen LogP contribution >= 0.6 is 0 Å². The molecule has 4 rings (SSSR count). The van der Waals surface area contributed by atoms with Crippen molar-refractivity contribution >= 4 is 17.9 Å². The highest BCUT2D eigenvalue weighted by molar-refractivity contribution is 5.74. The molecule has 4 saturated heterocycles. The fourth-order valence-corrected chi connectivity index (χ4v) is 5.39. The summed E-state index contributed by atoms with van der Waals surface area (Å²) in [6, 6.07) is 0. The van der Waals surface area contributed by atoms with Gasteiger partial charge in [0.2, 0.25) is 0 Å². The lowest BCUT2D eigenvalue weighted by molar-refractivity contribution is -0.388. The van der Waals surface area contributed by atoms with Gasteiger partial charge in [0.1, 0.15) is 73.2 Å². The summed E-state index contributed by atoms with van der Waals surface area (Å²) in [6.07, 6.45) is -42.1. The minimum absolute atomic E-state index is 1.23. The number of carboxylic acids is 3. The molecule has 0 aromatic heterocycles. The molecule has 0 radical (unpaired) electrons. The van der Waals surface area contributed by atoms with Crippen molar-refractivity contribution < 1.29 is 114 Å². The summed E-state index contributed by atoms with van der Waals surface area (Å²) in [7, 11) is 0. The topological polar surface area (TPSA) is 379 Å². The predicted molar refractivity (Wildman–Crippen MR) is 134 cm³/mol. The number of rotatable bonds is 9. The minimum atomic E-state index is -2.34. The third-order valence-corrected chi connectivity index (χ3v) is 8.07. The zero-order valence-electron chi connectivity index (χ0n) is 23.9. The Morgan fingerprint density at radius 2 is 0.830 bits per heavy atom. The van der Waals surface area contributed by atoms with Crippen molar-refractivity contribution in [2.75, 3.05) is 0 Å². The fourth-order valence-electron chi connectivity index (χ4n) is 5.39. The molecule has 4 aliphatic rings. The molecule has 0 unspecified atom stereocenters. The van der Waals surface area contributed by atoms with Crippen molar-refractivity contribution in [2.24, 2.45) is 0 Å². The molecule has 4 aliphatic heterocycles. The lowest BCUT2D eigenvalue weighted by Crippen LogP contribution is -2.68. The Hall–Kier alpha value is -2.27. The molecule has 4 heterocycles. The molecule has 47 heavy (non-hydrogen) atoms. The standard InChI is InChI=1S/C24H36O23/c1-2-3(25)5(27)15(24(41-2)44-12-7(29)9(31)21(40)42-16(12)19(36)37)46-23-11(33)8(30)13(17(47-23)20(38)39)43-22-10(32)4(26)6(28)14(45-22)18(34)35/h2-17,21-33,40H,1H3,(H,34,35)(H,36,37)(H,38,39)/t2-,3-,4-,5+,6+,7+,8+,9+,10+,11+,12+,13+,14-,15+,16-,17-,21+,22+,23+,24-/m0/s1. The van der Waals surface area contributed by atoms with E-state index in [-0.39, 0.29) is 0 Å². The monoisotopic (exact) mass is 692 g/mol. The highest BCUT2D eigenvalue weighted by Gasteiger charge is 2.57. The second-order valence-electron chi connectivity index (χ2n) is 11.2. The van der Waals surface area contributed by atoms with E-state index in [0.717, 1.165) is 0 Å². The zero-order valence-corrected chi connectivity index (χ0v) is 23.9. The lowest BCUT2D eigenvalue weighted by Gasteiger charge is -2.48. The van der Waals surface area contributed by atoms with Crippen molar-refractivity contribution in [3.8, 4) is 0 Å². The van der Waals surface area contributed by atoms with Crippen molar-refractivity contribution in [3.63, 3.8) is 0 Å². The van der Waals surface area contributed by atoms with Crippen LogP contribution in [0.2, 0.25) is 0 Å². The van der Waals surface area contributed by atoms with Gasteiger partial charge in [0.15, 0.2) is 43.5 Å². The Balaban J connectivity index is 1.56. The molecule has 0 aromatic carbocycles. The van der Waals surface area contributed by atoms with Crippen LogP contribution in [0.15, 0.2) is 0 Å². The van der Waals surface area contributed by atoms with Gasteiger partial charge in [-0.15, -0.1) is 0 Å². The van der Waals surface area contributed by atoms with Gasteiger partial charge < -0.3 is 99.5 Å². The molecular formula is C24H36O23.